The summed E-state index contributed by atoms with van der Waals surface area (Å²) in [6, 6.07) is 9.71. The van der Waals surface area contributed by atoms with Gasteiger partial charge < -0.3 is 10.1 Å². The van der Waals surface area contributed by atoms with Crippen LogP contribution in [0.4, 0.5) is 0 Å². The Bertz CT molecular complexity index is 576. The van der Waals surface area contributed by atoms with Crippen LogP contribution in [0.25, 0.3) is 11.4 Å². The van der Waals surface area contributed by atoms with Crippen LogP contribution in [0, 0.1) is 0 Å². The van der Waals surface area contributed by atoms with Crippen LogP contribution in [-0.4, -0.2) is 22.6 Å². The maximum atomic E-state index is 5.23. The second kappa shape index (κ2) is 6.01. The van der Waals surface area contributed by atoms with Gasteiger partial charge in [-0.2, -0.15) is 0 Å². The normalized spacial score (nSPS) is 11.4. The molecule has 1 heterocycles. The standard InChI is InChI=1S/C16H21N3O/c1-16(2,3)18-11-13-8-9-17-15(19-13)12-6-5-7-14(10-12)20-4/h5-10,18H,11H2,1-4H3. The first kappa shape index (κ1) is 14.5. The third kappa shape index (κ3) is 4.03. The van der Waals surface area contributed by atoms with Crippen LogP contribution < -0.4 is 10.1 Å². The van der Waals surface area contributed by atoms with E-state index in [0.717, 1.165) is 29.4 Å². The SMILES string of the molecule is COc1cccc(-c2nccc(CNC(C)(C)C)n2)c1. The lowest BCUT2D eigenvalue weighted by atomic mass is 10.1. The molecule has 0 aliphatic rings. The molecule has 0 radical (unpaired) electrons. The van der Waals surface area contributed by atoms with Crippen molar-refractivity contribution in [3.63, 3.8) is 0 Å². The summed E-state index contributed by atoms with van der Waals surface area (Å²) in [6.07, 6.45) is 1.79. The van der Waals surface area contributed by atoms with Gasteiger partial charge in [-0.15, -0.1) is 0 Å². The molecular formula is C16H21N3O. The summed E-state index contributed by atoms with van der Waals surface area (Å²) in [7, 11) is 1.66. The zero-order valence-corrected chi connectivity index (χ0v) is 12.5. The molecule has 1 aromatic carbocycles. The number of nitrogens with zero attached hydrogens (tertiary/aromatic N) is 2. The second-order valence-corrected chi connectivity index (χ2v) is 5.71. The predicted molar refractivity (Wildman–Crippen MR) is 80.6 cm³/mol. The molecule has 0 fully saturated rings. The van der Waals surface area contributed by atoms with Crippen molar-refractivity contribution in [1.29, 1.82) is 0 Å². The second-order valence-electron chi connectivity index (χ2n) is 5.71. The Labute approximate surface area is 120 Å². The highest BCUT2D eigenvalue weighted by molar-refractivity contribution is 5.57. The van der Waals surface area contributed by atoms with E-state index in [1.165, 1.54) is 0 Å². The molecule has 0 unspecified atom stereocenters. The van der Waals surface area contributed by atoms with Crippen molar-refractivity contribution >= 4 is 0 Å². The number of methoxy groups -OCH3 is 1. The van der Waals surface area contributed by atoms with Gasteiger partial charge in [0.15, 0.2) is 5.82 Å². The maximum absolute atomic E-state index is 5.23. The van der Waals surface area contributed by atoms with Crippen molar-refractivity contribution in [1.82, 2.24) is 15.3 Å². The average Bonchev–Trinajstić information content (AvgIpc) is 2.45. The van der Waals surface area contributed by atoms with Crippen molar-refractivity contribution in [3.05, 3.63) is 42.2 Å². The molecule has 4 heteroatoms. The molecule has 0 amide bonds. The Kier molecular flexibility index (Phi) is 4.35. The van der Waals surface area contributed by atoms with E-state index in [9.17, 15) is 0 Å². The van der Waals surface area contributed by atoms with Crippen LogP contribution in [0.5, 0.6) is 5.75 Å². The first-order chi connectivity index (χ1) is 9.48. The van der Waals surface area contributed by atoms with E-state index >= 15 is 0 Å². The van der Waals surface area contributed by atoms with Crippen LogP contribution in [-0.2, 0) is 6.54 Å². The molecule has 0 spiro atoms. The van der Waals surface area contributed by atoms with Gasteiger partial charge in [0.05, 0.1) is 12.8 Å². The molecule has 4 nitrogen and oxygen atoms in total. The summed E-state index contributed by atoms with van der Waals surface area (Å²) in [4.78, 5) is 8.93. The number of hydrogen-bond donors (Lipinski definition) is 1. The van der Waals surface area contributed by atoms with E-state index < -0.39 is 0 Å². The molecule has 0 bridgehead atoms. The van der Waals surface area contributed by atoms with Gasteiger partial charge in [-0.05, 0) is 39.0 Å². The van der Waals surface area contributed by atoms with Crippen molar-refractivity contribution < 1.29 is 4.74 Å². The largest absolute Gasteiger partial charge is 0.497 e. The smallest absolute Gasteiger partial charge is 0.159 e. The highest BCUT2D eigenvalue weighted by Crippen LogP contribution is 2.20. The highest BCUT2D eigenvalue weighted by atomic mass is 16.5. The summed E-state index contributed by atoms with van der Waals surface area (Å²) in [5.41, 5.74) is 2.01. The molecule has 0 aliphatic carbocycles. The van der Waals surface area contributed by atoms with Crippen LogP contribution >= 0.6 is 0 Å². The van der Waals surface area contributed by atoms with E-state index in [0.29, 0.717) is 0 Å². The van der Waals surface area contributed by atoms with Crippen LogP contribution in [0.2, 0.25) is 0 Å². The quantitative estimate of drug-likeness (QED) is 0.928. The highest BCUT2D eigenvalue weighted by Gasteiger charge is 2.10. The van der Waals surface area contributed by atoms with Gasteiger partial charge >= 0.3 is 0 Å². The number of aromatic nitrogens is 2. The summed E-state index contributed by atoms with van der Waals surface area (Å²) in [5, 5.41) is 3.42. The molecule has 1 N–H and O–H groups in total. The first-order valence-corrected chi connectivity index (χ1v) is 6.69. The molecule has 0 saturated heterocycles. The lowest BCUT2D eigenvalue weighted by Crippen LogP contribution is -2.35. The molecular weight excluding hydrogens is 250 g/mol. The minimum Gasteiger partial charge on any atom is -0.497 e. The average molecular weight is 271 g/mol. The van der Waals surface area contributed by atoms with Gasteiger partial charge in [-0.1, -0.05) is 12.1 Å². The van der Waals surface area contributed by atoms with Gasteiger partial charge in [0, 0.05) is 23.8 Å². The Hall–Kier alpha value is -1.94. The third-order valence-corrected chi connectivity index (χ3v) is 2.84. The van der Waals surface area contributed by atoms with Gasteiger partial charge in [0.2, 0.25) is 0 Å². The zero-order valence-electron chi connectivity index (χ0n) is 12.5. The van der Waals surface area contributed by atoms with Crippen molar-refractivity contribution in [2.24, 2.45) is 0 Å². The molecule has 0 atom stereocenters. The summed E-state index contributed by atoms with van der Waals surface area (Å²) in [5.74, 6) is 1.53. The van der Waals surface area contributed by atoms with E-state index in [2.05, 4.69) is 36.1 Å². The number of ether oxygens (including phenoxy) is 1. The van der Waals surface area contributed by atoms with E-state index in [4.69, 9.17) is 4.74 Å². The fraction of sp³-hybridized carbons (Fsp3) is 0.375. The van der Waals surface area contributed by atoms with Crippen LogP contribution in [0.3, 0.4) is 0 Å². The lowest BCUT2D eigenvalue weighted by Gasteiger charge is -2.20. The Morgan fingerprint density at radius 1 is 1.20 bits per heavy atom. The predicted octanol–water partition coefficient (Wildman–Crippen LogP) is 3.04. The minimum absolute atomic E-state index is 0.0705. The number of hydrogen-bond acceptors (Lipinski definition) is 4. The monoisotopic (exact) mass is 271 g/mol. The van der Waals surface area contributed by atoms with Gasteiger partial charge in [-0.25, -0.2) is 9.97 Å². The Morgan fingerprint density at radius 3 is 2.70 bits per heavy atom. The van der Waals surface area contributed by atoms with Gasteiger partial charge in [0.1, 0.15) is 5.75 Å². The maximum Gasteiger partial charge on any atom is 0.159 e. The minimum atomic E-state index is 0.0705. The molecule has 1 aromatic heterocycles. The number of nitrogens with one attached hydrogen (secondary N) is 1. The fourth-order valence-corrected chi connectivity index (χ4v) is 1.75. The van der Waals surface area contributed by atoms with Crippen molar-refractivity contribution in [3.8, 4) is 17.1 Å². The molecule has 2 aromatic rings. The van der Waals surface area contributed by atoms with Crippen LogP contribution in [0.15, 0.2) is 36.5 Å². The first-order valence-electron chi connectivity index (χ1n) is 6.69. The van der Waals surface area contributed by atoms with Crippen molar-refractivity contribution in [2.75, 3.05) is 7.11 Å². The fourth-order valence-electron chi connectivity index (χ4n) is 1.75. The summed E-state index contributed by atoms with van der Waals surface area (Å²) in [6.45, 7) is 7.13. The van der Waals surface area contributed by atoms with Gasteiger partial charge in [-0.3, -0.25) is 0 Å². The van der Waals surface area contributed by atoms with E-state index in [1.54, 1.807) is 13.3 Å². The lowest BCUT2D eigenvalue weighted by molar-refractivity contribution is 0.415. The molecule has 20 heavy (non-hydrogen) atoms. The van der Waals surface area contributed by atoms with E-state index in [1.807, 2.05) is 30.3 Å². The number of benzene rings is 1. The van der Waals surface area contributed by atoms with Gasteiger partial charge in [0.25, 0.3) is 0 Å². The third-order valence-electron chi connectivity index (χ3n) is 2.84. The van der Waals surface area contributed by atoms with Crippen LogP contribution in [0.1, 0.15) is 26.5 Å². The molecule has 0 aliphatic heterocycles. The Balaban J connectivity index is 2.20. The zero-order chi connectivity index (χ0) is 14.6. The van der Waals surface area contributed by atoms with Crippen molar-refractivity contribution in [2.45, 2.75) is 32.9 Å². The summed E-state index contributed by atoms with van der Waals surface area (Å²) < 4.78 is 5.23. The number of rotatable bonds is 4. The Morgan fingerprint density at radius 2 is 2.00 bits per heavy atom. The molecule has 0 saturated carbocycles. The van der Waals surface area contributed by atoms with E-state index in [-0.39, 0.29) is 5.54 Å². The summed E-state index contributed by atoms with van der Waals surface area (Å²) >= 11 is 0. The molecule has 2 rings (SSSR count). The molecule has 106 valence electrons. The topological polar surface area (TPSA) is 47.0 Å².